The fourth-order valence-electron chi connectivity index (χ4n) is 3.20. The molecule has 4 atom stereocenters. The Morgan fingerprint density at radius 1 is 0.789 bits per heavy atom. The highest BCUT2D eigenvalue weighted by molar-refractivity contribution is 6.74. The zero-order valence-electron chi connectivity index (χ0n) is 27.0. The molecule has 0 aromatic rings. The number of carbonyl (C=O) groups is 1. The Balaban J connectivity index is -0.000000291. The molecule has 5 heteroatoms. The number of aldehydes is 1. The predicted octanol–water partition coefficient (Wildman–Crippen LogP) is 11.4. The number of carbonyl (C=O) groups excluding carboxylic acids is 1. The van der Waals surface area contributed by atoms with Crippen molar-refractivity contribution in [2.24, 2.45) is 11.8 Å². The summed E-state index contributed by atoms with van der Waals surface area (Å²) in [4.78, 5) is 10.6. The molecular formula is C33H70O3Si2. The van der Waals surface area contributed by atoms with Crippen LogP contribution in [0.15, 0.2) is 36.0 Å². The van der Waals surface area contributed by atoms with Crippen LogP contribution in [0, 0.1) is 11.8 Å². The molecule has 0 saturated heterocycles. The molecule has 0 rings (SSSR count). The molecule has 0 amide bonds. The summed E-state index contributed by atoms with van der Waals surface area (Å²) in [5, 5.41) is 0.462. The molecule has 3 nitrogen and oxygen atoms in total. The largest absolute Gasteiger partial charge is 0.410 e. The first-order valence-electron chi connectivity index (χ1n) is 13.8. The highest BCUT2D eigenvalue weighted by Gasteiger charge is 2.41. The van der Waals surface area contributed by atoms with E-state index in [1.807, 2.05) is 6.08 Å². The van der Waals surface area contributed by atoms with E-state index in [9.17, 15) is 4.79 Å². The van der Waals surface area contributed by atoms with Crippen molar-refractivity contribution in [3.05, 3.63) is 36.0 Å². The van der Waals surface area contributed by atoms with Gasteiger partial charge in [-0.2, -0.15) is 0 Å². The summed E-state index contributed by atoms with van der Waals surface area (Å²) in [6.07, 6.45) is 9.12. The number of hydrogen-bond acceptors (Lipinski definition) is 3. The minimum Gasteiger partial charge on any atom is -0.410 e. The van der Waals surface area contributed by atoms with Crippen LogP contribution in [0.1, 0.15) is 111 Å². The molecule has 0 N–H and O–H groups in total. The van der Waals surface area contributed by atoms with Gasteiger partial charge < -0.3 is 13.6 Å². The van der Waals surface area contributed by atoms with E-state index in [2.05, 4.69) is 128 Å². The maximum atomic E-state index is 10.6. The van der Waals surface area contributed by atoms with Crippen LogP contribution in [-0.4, -0.2) is 35.1 Å². The molecule has 0 unspecified atom stereocenters. The van der Waals surface area contributed by atoms with Crippen LogP contribution in [0.3, 0.4) is 0 Å². The van der Waals surface area contributed by atoms with Gasteiger partial charge in [0.2, 0.25) is 0 Å². The fraction of sp³-hybridized carbons (Fsp3) is 0.788. The Kier molecular flexibility index (Phi) is 21.6. The minimum atomic E-state index is -1.78. The zero-order chi connectivity index (χ0) is 29.1. The number of rotatable bonds is 12. The average molecular weight is 571 g/mol. The molecule has 0 aromatic heterocycles. The lowest BCUT2D eigenvalue weighted by atomic mass is 9.94. The van der Waals surface area contributed by atoms with E-state index >= 15 is 0 Å². The second-order valence-corrected chi connectivity index (χ2v) is 23.0. The van der Waals surface area contributed by atoms with Gasteiger partial charge in [0.05, 0.1) is 12.2 Å². The Hall–Kier alpha value is -0.756. The van der Waals surface area contributed by atoms with Crippen molar-refractivity contribution in [2.45, 2.75) is 159 Å². The van der Waals surface area contributed by atoms with Gasteiger partial charge in [0.25, 0.3) is 0 Å². The molecule has 0 radical (unpaired) electrons. The third kappa shape index (κ3) is 14.6. The highest BCUT2D eigenvalue weighted by atomic mass is 28.4. The summed E-state index contributed by atoms with van der Waals surface area (Å²) in [5.74, 6) is 0.746. The van der Waals surface area contributed by atoms with E-state index in [0.29, 0.717) is 18.3 Å². The van der Waals surface area contributed by atoms with Crippen LogP contribution in [0.5, 0.6) is 0 Å². The summed E-state index contributed by atoms with van der Waals surface area (Å²) in [6.45, 7) is 39.5. The van der Waals surface area contributed by atoms with Gasteiger partial charge in [-0.25, -0.2) is 0 Å². The Morgan fingerprint density at radius 3 is 1.42 bits per heavy atom. The van der Waals surface area contributed by atoms with Crippen molar-refractivity contribution >= 4 is 22.9 Å². The first-order valence-corrected chi connectivity index (χ1v) is 19.6. The van der Waals surface area contributed by atoms with Crippen LogP contribution in [0.2, 0.25) is 36.3 Å². The van der Waals surface area contributed by atoms with Gasteiger partial charge in [-0.3, -0.25) is 0 Å². The maximum Gasteiger partial charge on any atom is 0.192 e. The maximum absolute atomic E-state index is 10.6. The second kappa shape index (κ2) is 18.6. The lowest BCUT2D eigenvalue weighted by Crippen LogP contribution is -2.45. The molecule has 38 heavy (non-hydrogen) atoms. The van der Waals surface area contributed by atoms with E-state index in [1.54, 1.807) is 0 Å². The van der Waals surface area contributed by atoms with E-state index in [1.165, 1.54) is 11.1 Å². The summed E-state index contributed by atoms with van der Waals surface area (Å²) in [6, 6.07) is 0. The van der Waals surface area contributed by atoms with Crippen molar-refractivity contribution in [2.75, 3.05) is 0 Å². The number of allylic oxidation sites excluding steroid dienone is 2. The molecule has 0 bridgehead atoms. The molecule has 0 spiro atoms. The standard InChI is InChI=1S/C16H32O2Si.C15H30OSi.2CH4/c1-9-13(2)15(14(3)11-10-12-17)18-19(7,8)16(4,5)6;1-10-12(3)14(13(4)11-2)16-17(8,9)15(5,6)7;;/h9,12,14-15H,10-11H2,1-8H3;10-12,14H,1H2,2-9H3;2*1H4/b13-9+;13-11+;;/t14-,15+;12-,14-;;/m00../s1. The lowest BCUT2D eigenvalue weighted by molar-refractivity contribution is -0.108. The van der Waals surface area contributed by atoms with Gasteiger partial charge in [-0.1, -0.05) is 88.5 Å². The Morgan fingerprint density at radius 2 is 1.13 bits per heavy atom. The zero-order valence-corrected chi connectivity index (χ0v) is 29.0. The first kappa shape index (κ1) is 44.3. The first-order chi connectivity index (χ1) is 16.1. The Bertz CT molecular complexity index is 722. The van der Waals surface area contributed by atoms with Crippen LogP contribution in [-0.2, 0) is 13.6 Å². The summed E-state index contributed by atoms with van der Waals surface area (Å²) < 4.78 is 13.1. The smallest absolute Gasteiger partial charge is 0.192 e. The SMILES string of the molecule is C.C.C/C=C(\C)[C@@H](O[Si](C)(C)C(C)(C)C)[C@@H](C)CCC=O.C=C[C@H](C)[C@H](O[Si](C)(C)C(C)(C)C)/C(C)=C/C. The quantitative estimate of drug-likeness (QED) is 0.133. The second-order valence-electron chi connectivity index (χ2n) is 13.5. The Labute approximate surface area is 243 Å². The van der Waals surface area contributed by atoms with Crippen LogP contribution in [0.25, 0.3) is 0 Å². The molecule has 0 aliphatic heterocycles. The minimum absolute atomic E-state index is 0. The molecule has 0 heterocycles. The fourth-order valence-corrected chi connectivity index (χ4v) is 5.99. The van der Waals surface area contributed by atoms with Crippen molar-refractivity contribution in [1.82, 2.24) is 0 Å². The van der Waals surface area contributed by atoms with E-state index in [-0.39, 0.29) is 37.1 Å². The summed E-state index contributed by atoms with van der Waals surface area (Å²) >= 11 is 0. The normalized spacial score (nSPS) is 16.5. The van der Waals surface area contributed by atoms with Crippen LogP contribution < -0.4 is 0 Å². The van der Waals surface area contributed by atoms with Gasteiger partial charge in [0, 0.05) is 12.3 Å². The van der Waals surface area contributed by atoms with Gasteiger partial charge in [0.1, 0.15) is 6.29 Å². The molecule has 0 saturated carbocycles. The summed E-state index contributed by atoms with van der Waals surface area (Å²) in [7, 11) is -3.49. The van der Waals surface area contributed by atoms with E-state index in [0.717, 1.165) is 12.7 Å². The predicted molar refractivity (Wildman–Crippen MR) is 180 cm³/mol. The lowest BCUT2D eigenvalue weighted by Gasteiger charge is -2.41. The third-order valence-electron chi connectivity index (χ3n) is 8.37. The molecule has 228 valence electrons. The van der Waals surface area contributed by atoms with Crippen LogP contribution in [0.4, 0.5) is 0 Å². The average Bonchev–Trinajstić information content (AvgIpc) is 2.76. The highest BCUT2D eigenvalue weighted by Crippen LogP contribution is 2.40. The van der Waals surface area contributed by atoms with E-state index in [4.69, 9.17) is 8.85 Å². The molecule has 0 aliphatic rings. The van der Waals surface area contributed by atoms with E-state index < -0.39 is 16.6 Å². The van der Waals surface area contributed by atoms with Gasteiger partial charge >= 0.3 is 0 Å². The molecule has 0 aromatic carbocycles. The monoisotopic (exact) mass is 570 g/mol. The van der Waals surface area contributed by atoms with Crippen molar-refractivity contribution in [3.8, 4) is 0 Å². The molecule has 0 aliphatic carbocycles. The number of hydrogen-bond donors (Lipinski definition) is 0. The van der Waals surface area contributed by atoms with Gasteiger partial charge in [-0.05, 0) is 87.4 Å². The molecular weight excluding hydrogens is 501 g/mol. The van der Waals surface area contributed by atoms with Crippen molar-refractivity contribution in [3.63, 3.8) is 0 Å². The van der Waals surface area contributed by atoms with Gasteiger partial charge in [0.15, 0.2) is 16.6 Å². The van der Waals surface area contributed by atoms with Crippen molar-refractivity contribution in [1.29, 1.82) is 0 Å². The molecule has 0 fully saturated rings. The van der Waals surface area contributed by atoms with Crippen molar-refractivity contribution < 1.29 is 13.6 Å². The topological polar surface area (TPSA) is 35.5 Å². The third-order valence-corrected chi connectivity index (χ3v) is 17.3. The van der Waals surface area contributed by atoms with Crippen LogP contribution >= 0.6 is 0 Å². The van der Waals surface area contributed by atoms with Gasteiger partial charge in [-0.15, -0.1) is 6.58 Å². The summed E-state index contributed by atoms with van der Waals surface area (Å²) in [5.41, 5.74) is 2.59.